The van der Waals surface area contributed by atoms with Gasteiger partial charge in [0, 0.05) is 6.54 Å². The van der Waals surface area contributed by atoms with Crippen LogP contribution in [0.2, 0.25) is 0 Å². The van der Waals surface area contributed by atoms with Crippen molar-refractivity contribution < 1.29 is 18.3 Å². The largest absolute Gasteiger partial charge is 0.497 e. The first-order valence-electron chi connectivity index (χ1n) is 7.06. The summed E-state index contributed by atoms with van der Waals surface area (Å²) in [5, 5.41) is 10.2. The molecular weight excluding hydrogens is 290 g/mol. The third-order valence-corrected chi connectivity index (χ3v) is 5.55. The zero-order chi connectivity index (χ0) is 16.3. The molecule has 5 nitrogen and oxygen atoms in total. The summed E-state index contributed by atoms with van der Waals surface area (Å²) < 4.78 is 32.6. The van der Waals surface area contributed by atoms with Crippen LogP contribution in [-0.2, 0) is 10.0 Å². The molecule has 0 aromatic heterocycles. The highest BCUT2D eigenvalue weighted by Crippen LogP contribution is 2.26. The van der Waals surface area contributed by atoms with Crippen molar-refractivity contribution in [3.8, 4) is 5.75 Å². The molecule has 0 fully saturated rings. The summed E-state index contributed by atoms with van der Waals surface area (Å²) in [5.74, 6) is 0.627. The van der Waals surface area contributed by atoms with Gasteiger partial charge < -0.3 is 9.84 Å². The second-order valence-electron chi connectivity index (χ2n) is 5.35. The summed E-state index contributed by atoms with van der Waals surface area (Å²) in [6.45, 7) is 7.14. The predicted molar refractivity (Wildman–Crippen MR) is 83.2 cm³/mol. The van der Waals surface area contributed by atoms with Crippen LogP contribution in [0.3, 0.4) is 0 Å². The number of ether oxygens (including phenoxy) is 1. The molecule has 6 heteroatoms. The number of aryl methyl sites for hydroxylation is 2. The average Bonchev–Trinajstić information content (AvgIpc) is 2.43. The third-order valence-electron chi connectivity index (χ3n) is 3.85. The van der Waals surface area contributed by atoms with E-state index in [4.69, 9.17) is 4.74 Å². The van der Waals surface area contributed by atoms with Gasteiger partial charge in [0.1, 0.15) is 5.75 Å². The summed E-state index contributed by atoms with van der Waals surface area (Å²) >= 11 is 0. The van der Waals surface area contributed by atoms with Crippen molar-refractivity contribution in [2.24, 2.45) is 0 Å². The van der Waals surface area contributed by atoms with Gasteiger partial charge in [-0.15, -0.1) is 0 Å². The Hall–Kier alpha value is -1.11. The molecule has 0 atom stereocenters. The summed E-state index contributed by atoms with van der Waals surface area (Å²) in [5.41, 5.74) is 0.230. The Balaban J connectivity index is 3.09. The Labute approximate surface area is 127 Å². The van der Waals surface area contributed by atoms with E-state index in [0.717, 1.165) is 0 Å². The van der Waals surface area contributed by atoms with Crippen LogP contribution in [0.15, 0.2) is 17.0 Å². The molecule has 1 aromatic carbocycles. The highest BCUT2D eigenvalue weighted by atomic mass is 32.2. The van der Waals surface area contributed by atoms with Crippen LogP contribution in [0.5, 0.6) is 5.75 Å². The van der Waals surface area contributed by atoms with Crippen molar-refractivity contribution in [2.75, 3.05) is 13.7 Å². The summed E-state index contributed by atoms with van der Waals surface area (Å²) in [4.78, 5) is 0.248. The third kappa shape index (κ3) is 4.18. The van der Waals surface area contributed by atoms with Crippen LogP contribution in [0.1, 0.15) is 37.8 Å². The second-order valence-corrected chi connectivity index (χ2v) is 7.05. The number of aliphatic hydroxyl groups is 1. The Bertz CT molecular complexity index is 569. The highest BCUT2D eigenvalue weighted by Gasteiger charge is 2.27. The fraction of sp³-hybridized carbons (Fsp3) is 0.600. The molecule has 2 N–H and O–H groups in total. The minimum absolute atomic E-state index is 0.00719. The lowest BCUT2D eigenvalue weighted by molar-refractivity contribution is 0.0377. The summed E-state index contributed by atoms with van der Waals surface area (Å²) in [6, 6.07) is 3.38. The number of nitrogens with one attached hydrogen (secondary N) is 1. The van der Waals surface area contributed by atoms with Crippen LogP contribution in [0, 0.1) is 13.8 Å². The molecule has 0 radical (unpaired) electrons. The van der Waals surface area contributed by atoms with Gasteiger partial charge in [-0.3, -0.25) is 0 Å². The number of hydrogen-bond donors (Lipinski definition) is 2. The lowest BCUT2D eigenvalue weighted by atomic mass is 9.98. The van der Waals surface area contributed by atoms with E-state index >= 15 is 0 Å². The molecule has 120 valence electrons. The Morgan fingerprint density at radius 3 is 2.05 bits per heavy atom. The van der Waals surface area contributed by atoms with Gasteiger partial charge in [0.05, 0.1) is 17.6 Å². The van der Waals surface area contributed by atoms with Crippen molar-refractivity contribution in [1.29, 1.82) is 0 Å². The molecular formula is C15H25NO4S. The number of rotatable bonds is 7. The van der Waals surface area contributed by atoms with Crippen molar-refractivity contribution in [1.82, 2.24) is 4.72 Å². The SMILES string of the molecule is CCC(O)(CC)CNS(=O)(=O)c1c(C)cc(OC)cc1C. The van der Waals surface area contributed by atoms with E-state index in [1.54, 1.807) is 33.1 Å². The molecule has 0 aliphatic heterocycles. The zero-order valence-electron chi connectivity index (χ0n) is 13.4. The fourth-order valence-electron chi connectivity index (χ4n) is 2.25. The molecule has 1 rings (SSSR count). The smallest absolute Gasteiger partial charge is 0.241 e. The summed E-state index contributed by atoms with van der Waals surface area (Å²) in [7, 11) is -2.12. The quantitative estimate of drug-likeness (QED) is 0.808. The maximum atomic E-state index is 12.5. The zero-order valence-corrected chi connectivity index (χ0v) is 14.2. The molecule has 0 saturated heterocycles. The number of methoxy groups -OCH3 is 1. The number of hydrogen-bond acceptors (Lipinski definition) is 4. The van der Waals surface area contributed by atoms with E-state index in [1.165, 1.54) is 0 Å². The molecule has 0 saturated carbocycles. The standard InChI is InChI=1S/C15H25NO4S/c1-6-15(17,7-2)10-16-21(18,19)14-11(3)8-13(20-5)9-12(14)4/h8-9,16-17H,6-7,10H2,1-5H3. The summed E-state index contributed by atoms with van der Waals surface area (Å²) in [6.07, 6.45) is 0.985. The minimum atomic E-state index is -3.67. The Kier molecular flexibility index (Phi) is 5.78. The molecule has 0 unspecified atom stereocenters. The predicted octanol–water partition coefficient (Wildman–Crippen LogP) is 2.14. The van der Waals surface area contributed by atoms with Gasteiger partial charge in [0.15, 0.2) is 0 Å². The fourth-order valence-corrected chi connectivity index (χ4v) is 3.82. The van der Waals surface area contributed by atoms with Gasteiger partial charge in [-0.1, -0.05) is 13.8 Å². The molecule has 1 aromatic rings. The van der Waals surface area contributed by atoms with Crippen LogP contribution in [-0.4, -0.2) is 32.8 Å². The van der Waals surface area contributed by atoms with E-state index < -0.39 is 15.6 Å². The van der Waals surface area contributed by atoms with Crippen molar-refractivity contribution in [3.05, 3.63) is 23.3 Å². The second kappa shape index (κ2) is 6.77. The highest BCUT2D eigenvalue weighted by molar-refractivity contribution is 7.89. The average molecular weight is 315 g/mol. The van der Waals surface area contributed by atoms with Crippen LogP contribution in [0.4, 0.5) is 0 Å². The first kappa shape index (κ1) is 17.9. The van der Waals surface area contributed by atoms with Crippen LogP contribution in [0.25, 0.3) is 0 Å². The van der Waals surface area contributed by atoms with Gasteiger partial charge in [-0.05, 0) is 49.9 Å². The van der Waals surface area contributed by atoms with Gasteiger partial charge in [0.2, 0.25) is 10.0 Å². The lowest BCUT2D eigenvalue weighted by Crippen LogP contribution is -2.42. The van der Waals surface area contributed by atoms with E-state index in [1.807, 2.05) is 13.8 Å². The molecule has 0 aliphatic rings. The van der Waals surface area contributed by atoms with E-state index in [9.17, 15) is 13.5 Å². The topological polar surface area (TPSA) is 75.6 Å². The van der Waals surface area contributed by atoms with Crippen molar-refractivity contribution >= 4 is 10.0 Å². The Morgan fingerprint density at radius 2 is 1.67 bits per heavy atom. The van der Waals surface area contributed by atoms with E-state index in [-0.39, 0.29) is 11.4 Å². The van der Waals surface area contributed by atoms with Crippen molar-refractivity contribution in [3.63, 3.8) is 0 Å². The molecule has 0 bridgehead atoms. The molecule has 0 heterocycles. The number of benzene rings is 1. The first-order valence-corrected chi connectivity index (χ1v) is 8.54. The normalized spacial score (nSPS) is 12.5. The van der Waals surface area contributed by atoms with Crippen LogP contribution < -0.4 is 9.46 Å². The molecule has 0 spiro atoms. The maximum Gasteiger partial charge on any atom is 0.241 e. The van der Waals surface area contributed by atoms with Gasteiger partial charge in [-0.25, -0.2) is 13.1 Å². The van der Waals surface area contributed by atoms with Crippen LogP contribution >= 0.6 is 0 Å². The lowest BCUT2D eigenvalue weighted by Gasteiger charge is -2.25. The first-order chi connectivity index (χ1) is 9.69. The van der Waals surface area contributed by atoms with E-state index in [0.29, 0.717) is 29.7 Å². The molecule has 21 heavy (non-hydrogen) atoms. The minimum Gasteiger partial charge on any atom is -0.497 e. The van der Waals surface area contributed by atoms with Gasteiger partial charge >= 0.3 is 0 Å². The van der Waals surface area contributed by atoms with E-state index in [2.05, 4.69) is 4.72 Å². The molecule has 0 amide bonds. The molecule has 0 aliphatic carbocycles. The van der Waals surface area contributed by atoms with Crippen molar-refractivity contribution in [2.45, 2.75) is 51.0 Å². The monoisotopic (exact) mass is 315 g/mol. The number of sulfonamides is 1. The van der Waals surface area contributed by atoms with Gasteiger partial charge in [-0.2, -0.15) is 0 Å². The van der Waals surface area contributed by atoms with Gasteiger partial charge in [0.25, 0.3) is 0 Å². The Morgan fingerprint density at radius 1 is 1.19 bits per heavy atom. The maximum absolute atomic E-state index is 12.5.